The monoisotopic (exact) mass is 1270 g/mol. The fourth-order valence-electron chi connectivity index (χ4n) is 9.48. The number of amides is 2. The van der Waals surface area contributed by atoms with Gasteiger partial charge < -0.3 is 32.8 Å². The van der Waals surface area contributed by atoms with Crippen molar-refractivity contribution in [2.75, 3.05) is 21.3 Å². The summed E-state index contributed by atoms with van der Waals surface area (Å²) in [5, 5.41) is 19.8. The van der Waals surface area contributed by atoms with Gasteiger partial charge in [0.15, 0.2) is 0 Å². The predicted molar refractivity (Wildman–Crippen MR) is 332 cm³/mol. The number of fused-ring (bicyclic) bond motifs is 2. The van der Waals surface area contributed by atoms with Gasteiger partial charge in [0.05, 0.1) is 33.8 Å². The Morgan fingerprint density at radius 3 is 1.35 bits per heavy atom. The molecule has 8 aromatic rings. The molecule has 2 aliphatic carbocycles. The maximum atomic E-state index is 15.4. The third-order valence-corrected chi connectivity index (χ3v) is 14.5. The molecule has 4 aromatic heterocycles. The van der Waals surface area contributed by atoms with E-state index in [-0.39, 0.29) is 205 Å². The summed E-state index contributed by atoms with van der Waals surface area (Å²) in [6.45, 7) is 11.9. The third-order valence-electron chi connectivity index (χ3n) is 13.6. The molecule has 21 nitrogen and oxygen atoms in total. The second kappa shape index (κ2) is 30.5. The van der Waals surface area contributed by atoms with Crippen molar-refractivity contribution in [1.82, 2.24) is 27.4 Å². The second-order valence-corrected chi connectivity index (χ2v) is 25.9. The van der Waals surface area contributed by atoms with E-state index in [0.29, 0.717) is 59.6 Å². The molecule has 450 valence electrons. The van der Waals surface area contributed by atoms with E-state index in [9.17, 15) is 42.7 Å². The summed E-state index contributed by atoms with van der Waals surface area (Å²) in [5.41, 5.74) is 3.02. The van der Waals surface area contributed by atoms with Crippen LogP contribution in [0.15, 0.2) is 114 Å². The van der Waals surface area contributed by atoms with Gasteiger partial charge in [-0.1, -0.05) is 58.5 Å². The summed E-state index contributed by atoms with van der Waals surface area (Å²) < 4.78 is 37.8. The number of carbonyl (C=O) groups is 3. The normalized spacial score (nSPS) is 12.0. The Morgan fingerprint density at radius 2 is 1.02 bits per heavy atom. The number of rotatable bonds is 11. The maximum Gasteiger partial charge on any atom is 1.00 e. The zero-order valence-electron chi connectivity index (χ0n) is 50.2. The molecule has 0 saturated heterocycles. The van der Waals surface area contributed by atoms with E-state index >= 15 is 4.39 Å². The summed E-state index contributed by atoms with van der Waals surface area (Å²) >= 11 is 0. The van der Waals surface area contributed by atoms with Crippen LogP contribution in [0, 0.1) is 49.3 Å². The van der Waals surface area contributed by atoms with Crippen LogP contribution >= 0.6 is 0 Å². The van der Waals surface area contributed by atoms with Crippen molar-refractivity contribution in [1.29, 1.82) is 0 Å². The first kappa shape index (κ1) is 73.6. The van der Waals surface area contributed by atoms with Gasteiger partial charge in [-0.25, -0.2) is 18.4 Å². The molecule has 2 amide bonds. The van der Waals surface area contributed by atoms with E-state index in [0.717, 1.165) is 0 Å². The fourth-order valence-corrected chi connectivity index (χ4v) is 10.00. The number of halogens is 2. The molecule has 10 rings (SSSR count). The summed E-state index contributed by atoms with van der Waals surface area (Å²) in [5.74, 6) is 3.64. The number of terminal acetylenes is 1. The van der Waals surface area contributed by atoms with Gasteiger partial charge in [-0.2, -0.15) is 0 Å². The molecule has 26 heteroatoms. The van der Waals surface area contributed by atoms with Crippen LogP contribution in [0.3, 0.4) is 0 Å². The quantitative estimate of drug-likeness (QED) is 0.0474. The molecule has 4 heterocycles. The van der Waals surface area contributed by atoms with Gasteiger partial charge >= 0.3 is 114 Å². The minimum absolute atomic E-state index is 0. The van der Waals surface area contributed by atoms with E-state index in [1.54, 1.807) is 61.5 Å². The third kappa shape index (κ3) is 15.9. The van der Waals surface area contributed by atoms with Gasteiger partial charge in [-0.05, 0) is 112 Å². The molecule has 4 N–H and O–H groups in total. The van der Waals surface area contributed by atoms with Crippen molar-refractivity contribution >= 4 is 82.6 Å². The van der Waals surface area contributed by atoms with E-state index in [2.05, 4.69) is 63.2 Å². The van der Waals surface area contributed by atoms with Crippen molar-refractivity contribution in [3.05, 3.63) is 181 Å². The molecule has 0 atom stereocenters. The van der Waals surface area contributed by atoms with Crippen molar-refractivity contribution in [2.24, 2.45) is 14.1 Å². The molecule has 0 aliphatic heterocycles. The molecule has 0 bridgehead atoms. The van der Waals surface area contributed by atoms with Gasteiger partial charge in [0, 0.05) is 73.7 Å². The first-order valence-electron chi connectivity index (χ1n) is 26.2. The van der Waals surface area contributed by atoms with Crippen LogP contribution < -0.4 is 163 Å². The number of pyridine rings is 2. The van der Waals surface area contributed by atoms with Crippen LogP contribution in [0.25, 0.3) is 33.2 Å². The summed E-state index contributed by atoms with van der Waals surface area (Å²) in [6, 6.07) is 21.2. The summed E-state index contributed by atoms with van der Waals surface area (Å²) in [4.78, 5) is 117. The minimum Gasteiger partial charge on any atom is -1.00 e. The van der Waals surface area contributed by atoms with Crippen molar-refractivity contribution in [3.63, 3.8) is 0 Å². The topological polar surface area (TPSA) is 264 Å². The molecular formula is C62H66F2K2N10O11Si. The van der Waals surface area contributed by atoms with Gasteiger partial charge in [0.1, 0.15) is 42.1 Å². The SMILES string of the molecule is C.C.C#Cc1ccc(Nc2c3c(=O)n(C4CC4)c(=O)n(-c4cccc(NC(C)=O)c4)c3c(C)c(=O)n2C)c(F)c1.CC(=O)Nc1cccc(-n2c(=O)n(C3CC3)c(=O)c3c(Nc4ccc(C#C[Si](C)(C)C)cc4F)n(C)c(=O)c(C)c32)c1.O=CO[O-].[H-].[K+].[K+]. The average Bonchev–Trinajstić information content (AvgIpc) is 1.57. The Kier molecular flexibility index (Phi) is 25.5. The van der Waals surface area contributed by atoms with Crippen molar-refractivity contribution < 1.29 is 138 Å². The van der Waals surface area contributed by atoms with E-state index in [4.69, 9.17) is 16.5 Å². The Hall–Kier alpha value is -6.90. The minimum atomic E-state index is -1.67. The molecule has 0 unspecified atom stereocenters. The number of benzene rings is 4. The van der Waals surface area contributed by atoms with Crippen molar-refractivity contribution in [2.45, 2.75) is 100.0 Å². The number of hydrogen-bond donors (Lipinski definition) is 4. The maximum absolute atomic E-state index is 15.4. The van der Waals surface area contributed by atoms with Gasteiger partial charge in [0.2, 0.25) is 11.8 Å². The Morgan fingerprint density at radius 1 is 0.648 bits per heavy atom. The van der Waals surface area contributed by atoms with Gasteiger partial charge in [-0.15, -0.1) is 12.0 Å². The summed E-state index contributed by atoms with van der Waals surface area (Å²) in [6.07, 6.45) is 8.00. The molecule has 2 fully saturated rings. The number of hydrogen-bond acceptors (Lipinski definition) is 13. The molecule has 4 aromatic carbocycles. The average molecular weight is 1270 g/mol. The van der Waals surface area contributed by atoms with Crippen LogP contribution in [-0.4, -0.2) is 53.8 Å². The van der Waals surface area contributed by atoms with Gasteiger partial charge in [-0.3, -0.25) is 61.0 Å². The van der Waals surface area contributed by atoms with E-state index < -0.39 is 53.3 Å². The number of nitrogens with one attached hydrogen (secondary N) is 4. The Labute approximate surface area is 592 Å². The van der Waals surface area contributed by atoms with Crippen LogP contribution in [0.5, 0.6) is 0 Å². The van der Waals surface area contributed by atoms with Crippen molar-refractivity contribution in [3.8, 4) is 35.2 Å². The summed E-state index contributed by atoms with van der Waals surface area (Å²) in [7, 11) is 1.30. The van der Waals surface area contributed by atoms with E-state index in [1.165, 1.54) is 92.6 Å². The number of nitrogens with zero attached hydrogens (tertiary/aromatic N) is 6. The van der Waals surface area contributed by atoms with E-state index in [1.807, 2.05) is 0 Å². The first-order valence-corrected chi connectivity index (χ1v) is 29.7. The van der Waals surface area contributed by atoms with Crippen LogP contribution in [0.2, 0.25) is 19.6 Å². The molecule has 2 saturated carbocycles. The standard InChI is InChI=1S/C31H32FN5O4Si.C28H24FN5O4.CH2O3.2CH4.2K.H/c1-18-27-26(28(35(3)29(18)39)34-25-13-10-20(16-24(25)32)14-15-42(4,5)6)30(40)37(22-11-12-22)31(41)36(27)23-9-7-8-21(17-23)33-19(2)38;1-5-17-9-12-22(21(29)13-17)31-25-23-24(15(2)26(36)32(25)4)33(28(38)34(27(23)37)19-10-11-19)20-8-6-7-18(14-20)30-16(3)35;2-1-4-3;;;;;/h7-10,13,16-17,22,34H,11-12H2,1-6H3,(H,33,38);1,6-9,12-14,19,31H,10-11H2,2-4H3,(H,30,35);1,3H;2*1H4;;;/q;;;;;2*+1;-1/p-1. The molecule has 0 radical (unpaired) electrons. The molecular weight excluding hydrogens is 1210 g/mol. The Balaban J connectivity index is 0.000000418. The van der Waals surface area contributed by atoms with Crippen LogP contribution in [0.4, 0.5) is 43.2 Å². The second-order valence-electron chi connectivity index (χ2n) is 21.1. The van der Waals surface area contributed by atoms with Crippen LogP contribution in [0.1, 0.15) is 90.1 Å². The molecule has 88 heavy (non-hydrogen) atoms. The fraction of sp³-hybridized carbons (Fsp3) is 0.274. The van der Waals surface area contributed by atoms with Crippen LogP contribution in [-0.2, 0) is 33.4 Å². The number of anilines is 6. The smallest absolute Gasteiger partial charge is 1.00 e. The molecule has 0 spiro atoms. The number of carbonyl (C=O) groups excluding carboxylic acids is 3. The zero-order chi connectivity index (χ0) is 61.2. The largest absolute Gasteiger partial charge is 1.00 e. The van der Waals surface area contributed by atoms with Gasteiger partial charge in [0.25, 0.3) is 28.7 Å². The molecule has 2 aliphatic rings. The Bertz CT molecular complexity index is 4570. The zero-order valence-corrected chi connectivity index (χ0v) is 56.4. The number of aryl methyl sites for hydroxylation is 2. The predicted octanol–water partition coefficient (Wildman–Crippen LogP) is 1.71. The first-order chi connectivity index (χ1) is 39.8. The number of aromatic nitrogens is 6.